The monoisotopic (exact) mass is 343 g/mol. The van der Waals surface area contributed by atoms with Crippen LogP contribution in [0, 0.1) is 6.92 Å². The minimum atomic E-state index is -0.169. The van der Waals surface area contributed by atoms with Crippen LogP contribution >= 0.6 is 0 Å². The number of amides is 1. The fourth-order valence-corrected chi connectivity index (χ4v) is 2.72. The quantitative estimate of drug-likeness (QED) is 0.828. The summed E-state index contributed by atoms with van der Waals surface area (Å²) in [6.45, 7) is 4.03. The molecule has 5 nitrogen and oxygen atoms in total. The molecule has 1 N–H and O–H groups in total. The van der Waals surface area contributed by atoms with Crippen molar-refractivity contribution in [2.45, 2.75) is 26.3 Å². The van der Waals surface area contributed by atoms with E-state index in [4.69, 9.17) is 14.2 Å². The van der Waals surface area contributed by atoms with E-state index in [1.54, 1.807) is 39.5 Å². The van der Waals surface area contributed by atoms with E-state index in [-0.39, 0.29) is 11.9 Å². The molecule has 0 saturated heterocycles. The maximum atomic E-state index is 12.7. The molecule has 2 aromatic rings. The third-order valence-corrected chi connectivity index (χ3v) is 4.15. The van der Waals surface area contributed by atoms with Crippen LogP contribution in [0.25, 0.3) is 0 Å². The third-order valence-electron chi connectivity index (χ3n) is 4.15. The van der Waals surface area contributed by atoms with E-state index in [0.717, 1.165) is 23.3 Å². The highest BCUT2D eigenvalue weighted by Crippen LogP contribution is 2.26. The summed E-state index contributed by atoms with van der Waals surface area (Å²) in [4.78, 5) is 12.7. The molecule has 0 fully saturated rings. The number of nitrogens with one attached hydrogen (secondary N) is 1. The van der Waals surface area contributed by atoms with Crippen molar-refractivity contribution >= 4 is 5.91 Å². The van der Waals surface area contributed by atoms with Crippen LogP contribution in [0.1, 0.15) is 40.9 Å². The van der Waals surface area contributed by atoms with E-state index in [1.807, 2.05) is 32.0 Å². The second-order valence-corrected chi connectivity index (χ2v) is 5.76. The summed E-state index contributed by atoms with van der Waals surface area (Å²) in [6, 6.07) is 11.0. The van der Waals surface area contributed by atoms with Gasteiger partial charge in [-0.2, -0.15) is 0 Å². The Hall–Kier alpha value is -2.69. The molecule has 0 radical (unpaired) electrons. The van der Waals surface area contributed by atoms with Gasteiger partial charge in [-0.05, 0) is 42.7 Å². The predicted octanol–water partition coefficient (Wildman–Crippen LogP) is 3.90. The van der Waals surface area contributed by atoms with Crippen molar-refractivity contribution in [3.05, 3.63) is 53.1 Å². The topological polar surface area (TPSA) is 56.8 Å². The molecule has 1 atom stereocenters. The average Bonchev–Trinajstić information content (AvgIpc) is 2.65. The van der Waals surface area contributed by atoms with Crippen molar-refractivity contribution in [3.8, 4) is 17.2 Å². The molecule has 0 heterocycles. The SMILES string of the molecule is CCC(NC(=O)c1cc(OC)cc(OC)c1)c1ccc(OC)c(C)c1. The number of carbonyl (C=O) groups excluding carboxylic acids is 1. The first kappa shape index (κ1) is 18.6. The Balaban J connectivity index is 2.24. The molecule has 1 unspecified atom stereocenters. The largest absolute Gasteiger partial charge is 0.497 e. The van der Waals surface area contributed by atoms with Gasteiger partial charge in [0.2, 0.25) is 0 Å². The maximum absolute atomic E-state index is 12.7. The minimum absolute atomic E-state index is 0.0886. The van der Waals surface area contributed by atoms with Gasteiger partial charge in [-0.25, -0.2) is 0 Å². The number of ether oxygens (including phenoxy) is 3. The lowest BCUT2D eigenvalue weighted by Crippen LogP contribution is -2.28. The Morgan fingerprint density at radius 3 is 2.12 bits per heavy atom. The van der Waals surface area contributed by atoms with Gasteiger partial charge < -0.3 is 19.5 Å². The van der Waals surface area contributed by atoms with E-state index in [9.17, 15) is 4.79 Å². The van der Waals surface area contributed by atoms with Gasteiger partial charge in [-0.1, -0.05) is 19.1 Å². The summed E-state index contributed by atoms with van der Waals surface area (Å²) < 4.78 is 15.8. The lowest BCUT2D eigenvalue weighted by Gasteiger charge is -2.19. The van der Waals surface area contributed by atoms with E-state index in [1.165, 1.54) is 0 Å². The highest BCUT2D eigenvalue weighted by molar-refractivity contribution is 5.95. The number of methoxy groups -OCH3 is 3. The Morgan fingerprint density at radius 1 is 1.00 bits per heavy atom. The van der Waals surface area contributed by atoms with Crippen molar-refractivity contribution < 1.29 is 19.0 Å². The average molecular weight is 343 g/mol. The summed E-state index contributed by atoms with van der Waals surface area (Å²) in [5.74, 6) is 1.83. The Bertz CT molecular complexity index is 720. The zero-order valence-electron chi connectivity index (χ0n) is 15.4. The van der Waals surface area contributed by atoms with Gasteiger partial charge >= 0.3 is 0 Å². The normalized spacial score (nSPS) is 11.6. The molecule has 25 heavy (non-hydrogen) atoms. The molecule has 0 aromatic heterocycles. The Labute approximate surface area is 148 Å². The van der Waals surface area contributed by atoms with Crippen LogP contribution in [0.4, 0.5) is 0 Å². The molecule has 0 saturated carbocycles. The van der Waals surface area contributed by atoms with Crippen LogP contribution in [0.15, 0.2) is 36.4 Å². The number of benzene rings is 2. The molecule has 2 rings (SSSR count). The number of hydrogen-bond donors (Lipinski definition) is 1. The highest BCUT2D eigenvalue weighted by atomic mass is 16.5. The third kappa shape index (κ3) is 4.44. The summed E-state index contributed by atoms with van der Waals surface area (Å²) in [5.41, 5.74) is 2.58. The van der Waals surface area contributed by atoms with Crippen LogP contribution in [0.3, 0.4) is 0 Å². The molecule has 0 bridgehead atoms. The van der Waals surface area contributed by atoms with E-state index in [0.29, 0.717) is 17.1 Å². The zero-order valence-corrected chi connectivity index (χ0v) is 15.4. The molecule has 0 aliphatic heterocycles. The van der Waals surface area contributed by atoms with Crippen LogP contribution in [0.2, 0.25) is 0 Å². The summed E-state index contributed by atoms with van der Waals surface area (Å²) >= 11 is 0. The van der Waals surface area contributed by atoms with Gasteiger partial charge in [0.05, 0.1) is 27.4 Å². The van der Waals surface area contributed by atoms with Gasteiger partial charge in [0.1, 0.15) is 17.2 Å². The van der Waals surface area contributed by atoms with Gasteiger partial charge in [0.15, 0.2) is 0 Å². The van der Waals surface area contributed by atoms with Gasteiger partial charge in [-0.3, -0.25) is 4.79 Å². The van der Waals surface area contributed by atoms with Crippen molar-refractivity contribution in [2.75, 3.05) is 21.3 Å². The molecule has 2 aromatic carbocycles. The van der Waals surface area contributed by atoms with Gasteiger partial charge in [0, 0.05) is 11.6 Å². The van der Waals surface area contributed by atoms with E-state index >= 15 is 0 Å². The molecule has 0 aliphatic rings. The smallest absolute Gasteiger partial charge is 0.252 e. The second-order valence-electron chi connectivity index (χ2n) is 5.76. The lowest BCUT2D eigenvalue weighted by atomic mass is 10.0. The molecule has 0 aliphatic carbocycles. The van der Waals surface area contributed by atoms with E-state index < -0.39 is 0 Å². The molecule has 1 amide bonds. The van der Waals surface area contributed by atoms with E-state index in [2.05, 4.69) is 5.32 Å². The maximum Gasteiger partial charge on any atom is 0.252 e. The molecule has 5 heteroatoms. The first-order valence-corrected chi connectivity index (χ1v) is 8.20. The fraction of sp³-hybridized carbons (Fsp3) is 0.350. The molecule has 134 valence electrons. The van der Waals surface area contributed by atoms with Crippen LogP contribution in [-0.4, -0.2) is 27.2 Å². The number of carbonyl (C=O) groups is 1. The predicted molar refractivity (Wildman–Crippen MR) is 97.8 cm³/mol. The highest BCUT2D eigenvalue weighted by Gasteiger charge is 2.16. The van der Waals surface area contributed by atoms with Crippen molar-refractivity contribution in [3.63, 3.8) is 0 Å². The lowest BCUT2D eigenvalue weighted by molar-refractivity contribution is 0.0935. The van der Waals surface area contributed by atoms with Gasteiger partial charge in [-0.15, -0.1) is 0 Å². The van der Waals surface area contributed by atoms with Crippen molar-refractivity contribution in [1.29, 1.82) is 0 Å². The first-order chi connectivity index (χ1) is 12.0. The number of hydrogen-bond acceptors (Lipinski definition) is 4. The second kappa shape index (κ2) is 8.42. The Kier molecular flexibility index (Phi) is 6.28. The Morgan fingerprint density at radius 2 is 1.64 bits per heavy atom. The van der Waals surface area contributed by atoms with Crippen molar-refractivity contribution in [1.82, 2.24) is 5.32 Å². The van der Waals surface area contributed by atoms with Gasteiger partial charge in [0.25, 0.3) is 5.91 Å². The minimum Gasteiger partial charge on any atom is -0.497 e. The molecule has 0 spiro atoms. The number of rotatable bonds is 7. The molecular weight excluding hydrogens is 318 g/mol. The summed E-state index contributed by atoms with van der Waals surface area (Å²) in [6.07, 6.45) is 0.776. The fourth-order valence-electron chi connectivity index (χ4n) is 2.72. The summed E-state index contributed by atoms with van der Waals surface area (Å²) in [5, 5.41) is 3.08. The van der Waals surface area contributed by atoms with Crippen LogP contribution in [-0.2, 0) is 0 Å². The number of aryl methyl sites for hydroxylation is 1. The zero-order chi connectivity index (χ0) is 18.4. The molecular formula is C20H25NO4. The van der Waals surface area contributed by atoms with Crippen LogP contribution < -0.4 is 19.5 Å². The standard InChI is InChI=1S/C20H25NO4/c1-6-18(14-7-8-19(25-5)13(2)9-14)21-20(22)15-10-16(23-3)12-17(11-15)24-4/h7-12,18H,6H2,1-5H3,(H,21,22). The first-order valence-electron chi connectivity index (χ1n) is 8.20. The van der Waals surface area contributed by atoms with Crippen LogP contribution in [0.5, 0.6) is 17.2 Å². The summed E-state index contributed by atoms with van der Waals surface area (Å²) in [7, 11) is 4.77. The van der Waals surface area contributed by atoms with Crippen molar-refractivity contribution in [2.24, 2.45) is 0 Å².